The normalized spacial score (nSPS) is 14.8. The van der Waals surface area contributed by atoms with Gasteiger partial charge < -0.3 is 10.8 Å². The summed E-state index contributed by atoms with van der Waals surface area (Å²) in [7, 11) is 1.80. The molecule has 1 fully saturated rings. The first kappa shape index (κ1) is 33.4. The summed E-state index contributed by atoms with van der Waals surface area (Å²) in [5.74, 6) is 0. The number of rotatable bonds is 7. The van der Waals surface area contributed by atoms with E-state index in [0.717, 1.165) is 37.8 Å². The molecule has 228 valence electrons. The van der Waals surface area contributed by atoms with Gasteiger partial charge in [-0.2, -0.15) is 5.10 Å². The third-order valence-corrected chi connectivity index (χ3v) is 9.42. The lowest BCUT2D eigenvalue weighted by Crippen LogP contribution is -2.47. The number of benzene rings is 2. The van der Waals surface area contributed by atoms with Crippen LogP contribution in [0.1, 0.15) is 24.0 Å². The van der Waals surface area contributed by atoms with Crippen LogP contribution in [0.25, 0.3) is 33.4 Å². The number of nitrogens with zero attached hydrogens (tertiary/aromatic N) is 5. The van der Waals surface area contributed by atoms with E-state index in [1.165, 1.54) is 22.2 Å². The van der Waals surface area contributed by atoms with Gasteiger partial charge in [-0.3, -0.25) is 18.9 Å². The first-order valence-corrected chi connectivity index (χ1v) is 15.1. The van der Waals surface area contributed by atoms with Crippen LogP contribution in [0.15, 0.2) is 65.0 Å². The minimum atomic E-state index is -1.02. The van der Waals surface area contributed by atoms with Gasteiger partial charge in [-0.25, -0.2) is 4.98 Å². The number of fused-ring (bicyclic) bond motifs is 1. The van der Waals surface area contributed by atoms with Gasteiger partial charge in [0.2, 0.25) is 0 Å². The lowest BCUT2D eigenvalue weighted by atomic mass is 9.91. The summed E-state index contributed by atoms with van der Waals surface area (Å²) in [4.78, 5) is 20.3. The molecule has 0 saturated carbocycles. The molecule has 13 heteroatoms. The smallest absolute Gasteiger partial charge is 0.281 e. The Morgan fingerprint density at radius 1 is 1.02 bits per heavy atom. The molecule has 0 atom stereocenters. The molecule has 6 rings (SSSR count). The highest BCUT2D eigenvalue weighted by molar-refractivity contribution is 7.15. The Hall–Kier alpha value is -2.47. The number of halogens is 4. The van der Waals surface area contributed by atoms with Gasteiger partial charge in [0.15, 0.2) is 5.52 Å². The Kier molecular flexibility index (Phi) is 10.6. The third-order valence-electron chi connectivity index (χ3n) is 7.90. The zero-order valence-corrected chi connectivity index (χ0v) is 27.3. The van der Waals surface area contributed by atoms with E-state index in [1.807, 2.05) is 53.9 Å². The predicted octanol–water partition coefficient (Wildman–Crippen LogP) is 6.16. The van der Waals surface area contributed by atoms with Crippen LogP contribution in [0.2, 0.25) is 9.36 Å². The van der Waals surface area contributed by atoms with Crippen molar-refractivity contribution in [1.82, 2.24) is 24.2 Å². The zero-order valence-electron chi connectivity index (χ0n) is 23.4. The molecule has 0 radical (unpaired) electrons. The minimum absolute atomic E-state index is 0. The predicted molar refractivity (Wildman–Crippen MR) is 180 cm³/mol. The summed E-state index contributed by atoms with van der Waals surface area (Å²) in [5.41, 5.74) is 11.0. The number of aryl methyl sites for hydroxylation is 1. The van der Waals surface area contributed by atoms with E-state index >= 15 is 0 Å². The van der Waals surface area contributed by atoms with Gasteiger partial charge in [0.1, 0.15) is 9.85 Å². The second-order valence-electron chi connectivity index (χ2n) is 10.7. The average Bonchev–Trinajstić information content (AvgIpc) is 3.55. The fourth-order valence-electron chi connectivity index (χ4n) is 5.52. The van der Waals surface area contributed by atoms with Crippen molar-refractivity contribution in [3.8, 4) is 22.4 Å². The van der Waals surface area contributed by atoms with Crippen molar-refractivity contribution < 1.29 is 5.11 Å². The third kappa shape index (κ3) is 6.79. The van der Waals surface area contributed by atoms with E-state index in [4.69, 9.17) is 28.9 Å². The maximum absolute atomic E-state index is 13.4. The monoisotopic (exact) mass is 680 g/mol. The number of likely N-dealkylation sites (tertiary alicyclic amines) is 1. The number of nitrogens with two attached hydrogens (primary N) is 1. The van der Waals surface area contributed by atoms with Crippen molar-refractivity contribution in [2.24, 2.45) is 12.8 Å². The van der Waals surface area contributed by atoms with E-state index in [-0.39, 0.29) is 42.4 Å². The SMILES string of the molecule is Cl.Cl.Cn1nc2c(=O)n(CC3(O)CCN(Cc4ccc(-c5ccsc5Cl)cc4Cl)CC3)cnc2c1-c1ccc(CN)cc1. The Morgan fingerprint density at radius 3 is 2.35 bits per heavy atom. The first-order chi connectivity index (χ1) is 19.7. The Balaban J connectivity index is 0.00000212. The molecule has 1 aliphatic rings. The molecule has 1 aliphatic heterocycles. The molecule has 4 heterocycles. The quantitative estimate of drug-likeness (QED) is 0.213. The second kappa shape index (κ2) is 13.7. The van der Waals surface area contributed by atoms with Crippen LogP contribution < -0.4 is 11.3 Å². The number of aliphatic hydroxyl groups is 1. The van der Waals surface area contributed by atoms with Crippen LogP contribution in [-0.2, 0) is 26.7 Å². The zero-order chi connectivity index (χ0) is 28.7. The highest BCUT2D eigenvalue weighted by atomic mass is 35.5. The first-order valence-electron chi connectivity index (χ1n) is 13.4. The van der Waals surface area contributed by atoms with E-state index in [0.29, 0.717) is 49.6 Å². The van der Waals surface area contributed by atoms with Gasteiger partial charge in [0, 0.05) is 49.4 Å². The molecule has 8 nitrogen and oxygen atoms in total. The van der Waals surface area contributed by atoms with Gasteiger partial charge in [0.25, 0.3) is 5.56 Å². The van der Waals surface area contributed by atoms with Gasteiger partial charge in [-0.15, -0.1) is 36.2 Å². The van der Waals surface area contributed by atoms with Crippen molar-refractivity contribution in [3.05, 3.63) is 91.1 Å². The van der Waals surface area contributed by atoms with Crippen molar-refractivity contribution in [3.63, 3.8) is 0 Å². The highest BCUT2D eigenvalue weighted by Gasteiger charge is 2.33. The number of thiophene rings is 1. The Labute approximate surface area is 275 Å². The van der Waals surface area contributed by atoms with E-state index in [2.05, 4.69) is 15.0 Å². The molecule has 0 unspecified atom stereocenters. The summed E-state index contributed by atoms with van der Waals surface area (Å²) < 4.78 is 3.91. The highest BCUT2D eigenvalue weighted by Crippen LogP contribution is 2.35. The summed E-state index contributed by atoms with van der Waals surface area (Å²) >= 11 is 14.4. The largest absolute Gasteiger partial charge is 0.388 e. The number of aromatic nitrogens is 4. The molecule has 0 amide bonds. The maximum atomic E-state index is 13.4. The van der Waals surface area contributed by atoms with E-state index < -0.39 is 5.60 Å². The molecule has 2 aromatic carbocycles. The molecule has 0 spiro atoms. The van der Waals surface area contributed by atoms with Crippen LogP contribution in [0, 0.1) is 0 Å². The van der Waals surface area contributed by atoms with Crippen molar-refractivity contribution in [2.75, 3.05) is 13.1 Å². The molecular formula is C30H32Cl4N6O2S. The lowest BCUT2D eigenvalue weighted by molar-refractivity contribution is -0.0364. The van der Waals surface area contributed by atoms with Crippen molar-refractivity contribution in [2.45, 2.75) is 38.1 Å². The van der Waals surface area contributed by atoms with Crippen LogP contribution in [-0.4, -0.2) is 48.0 Å². The molecule has 43 heavy (non-hydrogen) atoms. The van der Waals surface area contributed by atoms with Crippen molar-refractivity contribution >= 4 is 70.4 Å². The number of hydrogen-bond acceptors (Lipinski definition) is 7. The molecule has 1 saturated heterocycles. The van der Waals surface area contributed by atoms with Crippen LogP contribution in [0.5, 0.6) is 0 Å². The summed E-state index contributed by atoms with van der Waals surface area (Å²) in [6.45, 7) is 2.67. The Bertz CT molecular complexity index is 1780. The minimum Gasteiger partial charge on any atom is -0.388 e. The fourth-order valence-corrected chi connectivity index (χ4v) is 6.72. The molecule has 0 bridgehead atoms. The van der Waals surface area contributed by atoms with Gasteiger partial charge >= 0.3 is 0 Å². The second-order valence-corrected chi connectivity index (χ2v) is 12.6. The standard InChI is InChI=1S/C30H30Cl2N6O2S.2ClH/c1-36-27(20-4-2-19(15-33)3-5-20)25-26(35-36)29(39)38(18-34-25)17-30(40)9-11-37(12-10-30)16-22-7-6-21(14-24(22)31)23-8-13-41-28(23)32;;/h2-8,13-14,18,40H,9-12,15-17,33H2,1H3;2*1H. The number of piperidine rings is 1. The average molecular weight is 683 g/mol. The lowest BCUT2D eigenvalue weighted by Gasteiger charge is -2.38. The molecule has 0 aliphatic carbocycles. The van der Waals surface area contributed by atoms with Crippen LogP contribution in [0.4, 0.5) is 0 Å². The van der Waals surface area contributed by atoms with Gasteiger partial charge in [-0.1, -0.05) is 59.6 Å². The molecular weight excluding hydrogens is 650 g/mol. The van der Waals surface area contributed by atoms with Crippen LogP contribution >= 0.6 is 59.4 Å². The fraction of sp³-hybridized carbons (Fsp3) is 0.300. The maximum Gasteiger partial charge on any atom is 0.281 e. The van der Waals surface area contributed by atoms with Gasteiger partial charge in [-0.05, 0) is 47.0 Å². The molecule has 3 N–H and O–H groups in total. The summed E-state index contributed by atoms with van der Waals surface area (Å²) in [6.07, 6.45) is 2.58. The van der Waals surface area contributed by atoms with Gasteiger partial charge in [0.05, 0.1) is 24.2 Å². The molecule has 5 aromatic rings. The topological polar surface area (TPSA) is 102 Å². The van der Waals surface area contributed by atoms with E-state index in [1.54, 1.807) is 11.7 Å². The summed E-state index contributed by atoms with van der Waals surface area (Å²) in [5, 5.41) is 18.6. The van der Waals surface area contributed by atoms with Crippen LogP contribution in [0.3, 0.4) is 0 Å². The Morgan fingerprint density at radius 2 is 1.72 bits per heavy atom. The molecule has 3 aromatic heterocycles. The van der Waals surface area contributed by atoms with E-state index in [9.17, 15) is 9.90 Å². The number of hydrogen-bond donors (Lipinski definition) is 2. The summed E-state index contributed by atoms with van der Waals surface area (Å²) in [6, 6.07) is 15.9. The van der Waals surface area contributed by atoms with Crippen molar-refractivity contribution in [1.29, 1.82) is 0 Å².